The first-order valence-corrected chi connectivity index (χ1v) is 7.37. The van der Waals surface area contributed by atoms with Crippen LogP contribution < -0.4 is 10.2 Å². The number of nitrogens with zero attached hydrogens (tertiary/aromatic N) is 2. The summed E-state index contributed by atoms with van der Waals surface area (Å²) in [5.41, 5.74) is 0. The predicted octanol–water partition coefficient (Wildman–Crippen LogP) is 1.93. The molecule has 8 heteroatoms. The number of amides is 1. The fourth-order valence-electron chi connectivity index (χ4n) is 1.50. The van der Waals surface area contributed by atoms with Gasteiger partial charge in [-0.1, -0.05) is 22.9 Å². The zero-order chi connectivity index (χ0) is 15.3. The van der Waals surface area contributed by atoms with E-state index < -0.39 is 5.97 Å². The lowest BCUT2D eigenvalue weighted by Gasteiger charge is -2.19. The molecule has 0 bridgehead atoms. The molecule has 1 N–H and O–H groups in total. The van der Waals surface area contributed by atoms with E-state index >= 15 is 0 Å². The van der Waals surface area contributed by atoms with Crippen molar-refractivity contribution in [1.82, 2.24) is 10.3 Å². The Labute approximate surface area is 127 Å². The highest BCUT2D eigenvalue weighted by Crippen LogP contribution is 2.30. The third-order valence-electron chi connectivity index (χ3n) is 2.38. The average molecular weight is 320 g/mol. The lowest BCUT2D eigenvalue weighted by atomic mass is 10.4. The van der Waals surface area contributed by atoms with Gasteiger partial charge in [0.2, 0.25) is 5.91 Å². The minimum absolute atomic E-state index is 0.0757. The maximum atomic E-state index is 11.8. The van der Waals surface area contributed by atoms with Gasteiger partial charge in [0.1, 0.15) is 0 Å². The van der Waals surface area contributed by atoms with Gasteiger partial charge >= 0.3 is 5.97 Å². The van der Waals surface area contributed by atoms with Gasteiger partial charge in [0.25, 0.3) is 0 Å². The van der Waals surface area contributed by atoms with E-state index in [4.69, 9.17) is 11.6 Å². The van der Waals surface area contributed by atoms with Crippen LogP contribution in [0, 0.1) is 0 Å². The molecule has 1 aromatic heterocycles. The molecule has 0 aliphatic heterocycles. The number of esters is 1. The number of rotatable bonds is 6. The molecule has 0 saturated carbocycles. The molecule has 1 amide bonds. The van der Waals surface area contributed by atoms with Crippen LogP contribution in [0.1, 0.15) is 30.4 Å². The quantitative estimate of drug-likeness (QED) is 0.811. The van der Waals surface area contributed by atoms with Crippen molar-refractivity contribution >= 4 is 39.9 Å². The molecular formula is C12H18ClN3O3S. The fraction of sp³-hybridized carbons (Fsp3) is 0.583. The van der Waals surface area contributed by atoms with Gasteiger partial charge in [-0.2, -0.15) is 0 Å². The third kappa shape index (κ3) is 4.35. The van der Waals surface area contributed by atoms with Crippen molar-refractivity contribution in [2.45, 2.75) is 26.8 Å². The molecule has 0 aromatic carbocycles. The van der Waals surface area contributed by atoms with E-state index in [-0.39, 0.29) is 28.5 Å². The number of methoxy groups -OCH3 is 1. The number of hydrogen-bond donors (Lipinski definition) is 1. The highest BCUT2D eigenvalue weighted by molar-refractivity contribution is 7.18. The van der Waals surface area contributed by atoms with Crippen LogP contribution in [-0.2, 0) is 9.53 Å². The number of nitrogens with one attached hydrogen (secondary N) is 1. The number of anilines is 1. The molecule has 0 fully saturated rings. The Morgan fingerprint density at radius 2 is 2.15 bits per heavy atom. The Kier molecular flexibility index (Phi) is 6.22. The van der Waals surface area contributed by atoms with E-state index in [1.165, 1.54) is 7.11 Å². The molecule has 0 spiro atoms. The van der Waals surface area contributed by atoms with E-state index in [9.17, 15) is 9.59 Å². The molecule has 0 aliphatic carbocycles. The Bertz CT molecular complexity index is 490. The topological polar surface area (TPSA) is 71.5 Å². The summed E-state index contributed by atoms with van der Waals surface area (Å²) in [6.45, 7) is 6.43. The molecule has 1 rings (SSSR count). The van der Waals surface area contributed by atoms with Crippen LogP contribution in [0.2, 0.25) is 5.15 Å². The molecule has 0 atom stereocenters. The largest absolute Gasteiger partial charge is 0.465 e. The average Bonchev–Trinajstić information content (AvgIpc) is 2.76. The summed E-state index contributed by atoms with van der Waals surface area (Å²) in [6, 6.07) is 0.0757. The zero-order valence-electron chi connectivity index (χ0n) is 11.9. The van der Waals surface area contributed by atoms with Gasteiger partial charge in [0, 0.05) is 12.6 Å². The van der Waals surface area contributed by atoms with Crippen molar-refractivity contribution in [3.63, 3.8) is 0 Å². The second kappa shape index (κ2) is 7.44. The first kappa shape index (κ1) is 16.7. The second-order valence-corrected chi connectivity index (χ2v) is 5.68. The zero-order valence-corrected chi connectivity index (χ0v) is 13.5. The lowest BCUT2D eigenvalue weighted by molar-refractivity contribution is -0.120. The Morgan fingerprint density at radius 1 is 1.50 bits per heavy atom. The monoisotopic (exact) mass is 319 g/mol. The lowest BCUT2D eigenvalue weighted by Crippen LogP contribution is -2.40. The molecular weight excluding hydrogens is 302 g/mol. The van der Waals surface area contributed by atoms with Crippen molar-refractivity contribution in [2.24, 2.45) is 0 Å². The Balaban J connectivity index is 2.85. The summed E-state index contributed by atoms with van der Waals surface area (Å²) in [6.07, 6.45) is 0. The van der Waals surface area contributed by atoms with E-state index in [2.05, 4.69) is 15.0 Å². The molecule has 1 aromatic rings. The Hall–Kier alpha value is -1.34. The number of halogens is 1. The van der Waals surface area contributed by atoms with Gasteiger partial charge in [-0.05, 0) is 20.8 Å². The summed E-state index contributed by atoms with van der Waals surface area (Å²) in [4.78, 5) is 29.4. The van der Waals surface area contributed by atoms with Crippen LogP contribution in [0.5, 0.6) is 0 Å². The summed E-state index contributed by atoms with van der Waals surface area (Å²) in [7, 11) is 1.28. The van der Waals surface area contributed by atoms with Crippen molar-refractivity contribution in [1.29, 1.82) is 0 Å². The molecule has 112 valence electrons. The number of carbonyl (C=O) groups excluding carboxylic acids is 2. The molecule has 0 radical (unpaired) electrons. The minimum Gasteiger partial charge on any atom is -0.465 e. The predicted molar refractivity (Wildman–Crippen MR) is 79.6 cm³/mol. The number of likely N-dealkylation sites (N-methyl/N-ethyl adjacent to an activating group) is 1. The summed E-state index contributed by atoms with van der Waals surface area (Å²) >= 11 is 7.03. The fourth-order valence-corrected chi connectivity index (χ4v) is 2.76. The van der Waals surface area contributed by atoms with Gasteiger partial charge in [0.15, 0.2) is 15.2 Å². The number of hydrogen-bond acceptors (Lipinski definition) is 6. The van der Waals surface area contributed by atoms with Crippen LogP contribution >= 0.6 is 22.9 Å². The number of aromatic nitrogens is 1. The van der Waals surface area contributed by atoms with Crippen LogP contribution in [0.3, 0.4) is 0 Å². The van der Waals surface area contributed by atoms with Crippen LogP contribution in [0.25, 0.3) is 0 Å². The molecule has 0 saturated heterocycles. The summed E-state index contributed by atoms with van der Waals surface area (Å²) < 4.78 is 4.63. The molecule has 1 heterocycles. The first-order chi connectivity index (χ1) is 9.38. The smallest absolute Gasteiger partial charge is 0.351 e. The maximum absolute atomic E-state index is 11.8. The molecule has 0 aliphatic rings. The standard InChI is InChI=1S/C12H18ClN3O3S/c1-5-16(6-8(17)14-7(2)3)12-15-10(13)9(20-12)11(18)19-4/h7H,5-6H2,1-4H3,(H,14,17). The molecule has 20 heavy (non-hydrogen) atoms. The highest BCUT2D eigenvalue weighted by Gasteiger charge is 2.21. The van der Waals surface area contributed by atoms with Gasteiger partial charge in [0.05, 0.1) is 13.7 Å². The van der Waals surface area contributed by atoms with E-state index in [0.29, 0.717) is 11.7 Å². The Morgan fingerprint density at radius 3 is 2.65 bits per heavy atom. The van der Waals surface area contributed by atoms with Crippen LogP contribution in [-0.4, -0.2) is 43.1 Å². The number of ether oxygens (including phenoxy) is 1. The van der Waals surface area contributed by atoms with Crippen molar-refractivity contribution in [2.75, 3.05) is 25.1 Å². The minimum atomic E-state index is -0.526. The number of thiazole rings is 1. The van der Waals surface area contributed by atoms with Crippen LogP contribution in [0.15, 0.2) is 0 Å². The maximum Gasteiger partial charge on any atom is 0.351 e. The van der Waals surface area contributed by atoms with Gasteiger partial charge in [-0.25, -0.2) is 9.78 Å². The normalized spacial score (nSPS) is 10.5. The van der Waals surface area contributed by atoms with Crippen molar-refractivity contribution in [3.8, 4) is 0 Å². The van der Waals surface area contributed by atoms with Crippen molar-refractivity contribution in [3.05, 3.63) is 10.0 Å². The van der Waals surface area contributed by atoms with Gasteiger partial charge < -0.3 is 15.0 Å². The SMILES string of the molecule is CCN(CC(=O)NC(C)C)c1nc(Cl)c(C(=O)OC)s1. The van der Waals surface area contributed by atoms with Gasteiger partial charge in [-0.15, -0.1) is 0 Å². The van der Waals surface area contributed by atoms with Gasteiger partial charge in [-0.3, -0.25) is 4.79 Å². The third-order valence-corrected chi connectivity index (χ3v) is 3.86. The molecule has 6 nitrogen and oxygen atoms in total. The van der Waals surface area contributed by atoms with E-state index in [1.807, 2.05) is 20.8 Å². The van der Waals surface area contributed by atoms with Crippen LogP contribution in [0.4, 0.5) is 5.13 Å². The first-order valence-electron chi connectivity index (χ1n) is 6.18. The molecule has 0 unspecified atom stereocenters. The highest BCUT2D eigenvalue weighted by atomic mass is 35.5. The summed E-state index contributed by atoms with van der Waals surface area (Å²) in [5, 5.41) is 3.43. The van der Waals surface area contributed by atoms with Crippen molar-refractivity contribution < 1.29 is 14.3 Å². The summed E-state index contributed by atoms with van der Waals surface area (Å²) in [5.74, 6) is -0.630. The van der Waals surface area contributed by atoms with E-state index in [1.54, 1.807) is 4.90 Å². The van der Waals surface area contributed by atoms with E-state index in [0.717, 1.165) is 11.3 Å². The second-order valence-electron chi connectivity index (χ2n) is 4.34. The number of carbonyl (C=O) groups is 2.